The Morgan fingerprint density at radius 3 is 2.50 bits per heavy atom. The number of carbonyl (C=O) groups is 1. The molecule has 28 heavy (non-hydrogen) atoms. The Morgan fingerprint density at radius 1 is 1.25 bits per heavy atom. The molecular weight excluding hydrogens is 398 g/mol. The third-order valence-electron chi connectivity index (χ3n) is 4.85. The largest absolute Gasteiger partial charge is 0.372 e. The van der Waals surface area contributed by atoms with Crippen LogP contribution in [0.5, 0.6) is 0 Å². The lowest BCUT2D eigenvalue weighted by Gasteiger charge is -2.26. The van der Waals surface area contributed by atoms with Crippen molar-refractivity contribution in [2.45, 2.75) is 19.2 Å². The average Bonchev–Trinajstić information content (AvgIpc) is 3.18. The number of amides is 1. The van der Waals surface area contributed by atoms with E-state index in [-0.39, 0.29) is 22.0 Å². The molecule has 1 atom stereocenters. The first kappa shape index (κ1) is 20.5. The van der Waals surface area contributed by atoms with Crippen LogP contribution in [0.2, 0.25) is 5.02 Å². The van der Waals surface area contributed by atoms with E-state index in [9.17, 15) is 14.9 Å². The lowest BCUT2D eigenvalue weighted by atomic mass is 10.1. The third kappa shape index (κ3) is 4.10. The van der Waals surface area contributed by atoms with Crippen LogP contribution >= 0.6 is 23.4 Å². The predicted molar refractivity (Wildman–Crippen MR) is 114 cm³/mol. The number of nitro benzene ring substituents is 1. The normalized spacial score (nSPS) is 16.2. The molecule has 1 fully saturated rings. The second kappa shape index (κ2) is 8.84. The molecule has 2 aromatic rings. The van der Waals surface area contributed by atoms with Crippen LogP contribution in [0.1, 0.15) is 35.1 Å². The third-order valence-corrected chi connectivity index (χ3v) is 6.43. The molecule has 2 aromatic carbocycles. The number of thioether (sulfide) groups is 1. The maximum atomic E-state index is 13.1. The van der Waals surface area contributed by atoms with Crippen molar-refractivity contribution in [3.05, 3.63) is 68.7 Å². The molecule has 0 N–H and O–H groups in total. The number of halogens is 1. The molecule has 0 saturated carbocycles. The number of nitro groups is 1. The fraction of sp³-hybridized carbons (Fsp3) is 0.350. The molecule has 1 amide bonds. The van der Waals surface area contributed by atoms with Crippen molar-refractivity contribution in [2.24, 2.45) is 0 Å². The van der Waals surface area contributed by atoms with Crippen LogP contribution in [0.25, 0.3) is 0 Å². The van der Waals surface area contributed by atoms with Gasteiger partial charge in [0.2, 0.25) is 0 Å². The Hall–Kier alpha value is -2.25. The van der Waals surface area contributed by atoms with Gasteiger partial charge < -0.3 is 9.80 Å². The Morgan fingerprint density at radius 2 is 1.93 bits per heavy atom. The van der Waals surface area contributed by atoms with E-state index in [1.54, 1.807) is 16.7 Å². The summed E-state index contributed by atoms with van der Waals surface area (Å²) in [7, 11) is 0. The summed E-state index contributed by atoms with van der Waals surface area (Å²) in [5.41, 5.74) is 2.39. The Balaban J connectivity index is 1.83. The van der Waals surface area contributed by atoms with Gasteiger partial charge in [-0.05, 0) is 37.6 Å². The van der Waals surface area contributed by atoms with E-state index < -0.39 is 4.92 Å². The van der Waals surface area contributed by atoms with Crippen molar-refractivity contribution in [2.75, 3.05) is 30.3 Å². The van der Waals surface area contributed by atoms with Crippen LogP contribution in [0, 0.1) is 10.1 Å². The van der Waals surface area contributed by atoms with E-state index in [2.05, 4.69) is 43.0 Å². The first-order valence-electron chi connectivity index (χ1n) is 9.17. The number of hydrogen-bond acceptors (Lipinski definition) is 5. The molecule has 0 radical (unpaired) electrons. The minimum Gasteiger partial charge on any atom is -0.372 e. The van der Waals surface area contributed by atoms with Gasteiger partial charge in [-0.25, -0.2) is 0 Å². The van der Waals surface area contributed by atoms with E-state index in [1.807, 2.05) is 0 Å². The fourth-order valence-corrected chi connectivity index (χ4v) is 4.85. The molecule has 1 unspecified atom stereocenters. The van der Waals surface area contributed by atoms with Crippen LogP contribution in [0.4, 0.5) is 11.4 Å². The van der Waals surface area contributed by atoms with Gasteiger partial charge in [-0.3, -0.25) is 14.9 Å². The SMILES string of the molecule is CCN(CC)c1ccc(C2SCCN2C(=O)c2ccc([N+](=O)[O-])cc2Cl)cc1. The van der Waals surface area contributed by atoms with E-state index in [0.29, 0.717) is 12.1 Å². The summed E-state index contributed by atoms with van der Waals surface area (Å²) in [6.45, 7) is 6.74. The molecule has 8 heteroatoms. The highest BCUT2D eigenvalue weighted by Crippen LogP contribution is 2.40. The monoisotopic (exact) mass is 419 g/mol. The van der Waals surface area contributed by atoms with Gasteiger partial charge in [0.1, 0.15) is 5.37 Å². The predicted octanol–water partition coefficient (Wildman–Crippen LogP) is 4.98. The maximum Gasteiger partial charge on any atom is 0.270 e. The topological polar surface area (TPSA) is 66.7 Å². The van der Waals surface area contributed by atoms with Crippen molar-refractivity contribution in [1.29, 1.82) is 0 Å². The Bertz CT molecular complexity index is 871. The average molecular weight is 420 g/mol. The smallest absolute Gasteiger partial charge is 0.270 e. The Kier molecular flexibility index (Phi) is 6.46. The fourth-order valence-electron chi connectivity index (χ4n) is 3.34. The highest BCUT2D eigenvalue weighted by Gasteiger charge is 2.32. The number of nitrogens with zero attached hydrogens (tertiary/aromatic N) is 3. The first-order valence-corrected chi connectivity index (χ1v) is 10.6. The van der Waals surface area contributed by atoms with Crippen molar-refractivity contribution < 1.29 is 9.72 Å². The molecule has 1 aliphatic rings. The van der Waals surface area contributed by atoms with Crippen molar-refractivity contribution in [1.82, 2.24) is 4.90 Å². The molecule has 3 rings (SSSR count). The van der Waals surface area contributed by atoms with E-state index in [0.717, 1.165) is 30.1 Å². The molecule has 6 nitrogen and oxygen atoms in total. The second-order valence-electron chi connectivity index (χ2n) is 6.41. The number of carbonyl (C=O) groups excluding carboxylic acids is 1. The summed E-state index contributed by atoms with van der Waals surface area (Å²) in [5.74, 6) is 0.626. The van der Waals surface area contributed by atoms with Crippen LogP contribution in [-0.4, -0.2) is 41.1 Å². The minimum atomic E-state index is -0.522. The van der Waals surface area contributed by atoms with Gasteiger partial charge in [-0.1, -0.05) is 23.7 Å². The van der Waals surface area contributed by atoms with Crippen molar-refractivity contribution in [3.63, 3.8) is 0 Å². The molecule has 0 spiro atoms. The van der Waals surface area contributed by atoms with Gasteiger partial charge in [0.15, 0.2) is 0 Å². The van der Waals surface area contributed by atoms with Crippen LogP contribution in [-0.2, 0) is 0 Å². The first-order chi connectivity index (χ1) is 13.5. The number of hydrogen-bond donors (Lipinski definition) is 0. The van der Waals surface area contributed by atoms with Crippen LogP contribution in [0.15, 0.2) is 42.5 Å². The van der Waals surface area contributed by atoms with E-state index in [1.165, 1.54) is 18.2 Å². The lowest BCUT2D eigenvalue weighted by Crippen LogP contribution is -2.30. The van der Waals surface area contributed by atoms with Crippen molar-refractivity contribution >= 4 is 40.6 Å². The highest BCUT2D eigenvalue weighted by atomic mass is 35.5. The quantitative estimate of drug-likeness (QED) is 0.487. The summed E-state index contributed by atoms with van der Waals surface area (Å²) >= 11 is 7.87. The summed E-state index contributed by atoms with van der Waals surface area (Å²) in [5, 5.41) is 10.9. The standard InChI is InChI=1S/C20H22ClN3O3S/c1-3-22(4-2)15-7-5-14(6-8-15)20-23(11-12-28-20)19(25)17-10-9-16(24(26)27)13-18(17)21/h5-10,13,20H,3-4,11-12H2,1-2H3. The van der Waals surface area contributed by atoms with E-state index >= 15 is 0 Å². The summed E-state index contributed by atoms with van der Waals surface area (Å²) in [6, 6.07) is 12.3. The Labute approximate surface area is 173 Å². The van der Waals surface area contributed by atoms with Gasteiger partial charge in [0.05, 0.1) is 15.5 Å². The highest BCUT2D eigenvalue weighted by molar-refractivity contribution is 7.99. The summed E-state index contributed by atoms with van der Waals surface area (Å²) < 4.78 is 0. The van der Waals surface area contributed by atoms with Gasteiger partial charge in [0.25, 0.3) is 11.6 Å². The second-order valence-corrected chi connectivity index (χ2v) is 8.00. The molecule has 1 aliphatic heterocycles. The van der Waals surface area contributed by atoms with Gasteiger partial charge in [-0.15, -0.1) is 11.8 Å². The molecule has 148 valence electrons. The zero-order valence-corrected chi connectivity index (χ0v) is 17.4. The van der Waals surface area contributed by atoms with Crippen molar-refractivity contribution in [3.8, 4) is 0 Å². The number of non-ortho nitro benzene ring substituents is 1. The lowest BCUT2D eigenvalue weighted by molar-refractivity contribution is -0.384. The minimum absolute atomic E-state index is 0.0930. The number of anilines is 1. The van der Waals surface area contributed by atoms with Gasteiger partial charge in [0, 0.05) is 43.2 Å². The molecular formula is C20H22ClN3O3S. The summed E-state index contributed by atoms with van der Waals surface area (Å²) in [4.78, 5) is 27.5. The number of benzene rings is 2. The van der Waals surface area contributed by atoms with Crippen LogP contribution in [0.3, 0.4) is 0 Å². The molecule has 1 heterocycles. The van der Waals surface area contributed by atoms with Crippen LogP contribution < -0.4 is 4.90 Å². The zero-order valence-electron chi connectivity index (χ0n) is 15.8. The molecule has 0 bridgehead atoms. The zero-order chi connectivity index (χ0) is 20.3. The van der Waals surface area contributed by atoms with E-state index in [4.69, 9.17) is 11.6 Å². The van der Waals surface area contributed by atoms with Gasteiger partial charge in [-0.2, -0.15) is 0 Å². The summed E-state index contributed by atoms with van der Waals surface area (Å²) in [6.07, 6.45) is 0. The molecule has 1 saturated heterocycles. The van der Waals surface area contributed by atoms with Gasteiger partial charge >= 0.3 is 0 Å². The number of rotatable bonds is 6. The molecule has 0 aliphatic carbocycles. The molecule has 0 aromatic heterocycles. The maximum absolute atomic E-state index is 13.1.